The van der Waals surface area contributed by atoms with Crippen LogP contribution in [-0.2, 0) is 57.0 Å². The maximum Gasteiger partial charge on any atom is 2.00 e. The van der Waals surface area contributed by atoms with Gasteiger partial charge in [-0.2, -0.15) is 0 Å². The second-order valence-electron chi connectivity index (χ2n) is 18.4. The summed E-state index contributed by atoms with van der Waals surface area (Å²) in [5.41, 5.74) is 7.63. The number of aromatic nitrogens is 4. The van der Waals surface area contributed by atoms with Gasteiger partial charge in [-0.15, -0.1) is 32.9 Å². The summed E-state index contributed by atoms with van der Waals surface area (Å²) in [6.45, 7) is 19.5. The van der Waals surface area contributed by atoms with Gasteiger partial charge >= 0.3 is 17.1 Å². The molecule has 17 nitrogen and oxygen atoms in total. The zero-order chi connectivity index (χ0) is 50.8. The van der Waals surface area contributed by atoms with Crippen LogP contribution in [0.15, 0.2) is 53.0 Å². The molecule has 3 N–H and O–H groups in total. The normalized spacial score (nSPS) is 15.5. The van der Waals surface area contributed by atoms with Crippen LogP contribution in [0, 0.1) is 47.5 Å². The number of hydrogen-bond donors (Lipinski definition) is 3. The van der Waals surface area contributed by atoms with E-state index in [9.17, 15) is 19.2 Å². The second-order valence-corrected chi connectivity index (χ2v) is 20.9. The summed E-state index contributed by atoms with van der Waals surface area (Å²) < 4.78 is 24.8. The molecule has 2 aliphatic heterocycles. The van der Waals surface area contributed by atoms with Gasteiger partial charge in [0.15, 0.2) is 5.82 Å². The number of carbonyl (C=O) groups is 4. The van der Waals surface area contributed by atoms with E-state index in [4.69, 9.17) is 35.5 Å². The van der Waals surface area contributed by atoms with Gasteiger partial charge in [0, 0.05) is 46.2 Å². The molecule has 1 radical (unpaired) electrons. The van der Waals surface area contributed by atoms with Gasteiger partial charge < -0.3 is 54.1 Å². The number of likely N-dealkylation sites (tertiary alicyclic amines) is 1. The molecule has 0 saturated carbocycles. The number of nitrogens with zero attached hydrogens (tertiary/aromatic N) is 6. The molecule has 73 heavy (non-hydrogen) atoms. The Hall–Kier alpha value is -5.05. The first-order valence-electron chi connectivity index (χ1n) is 23.7. The number of nitrogens with one attached hydrogen (secondary N) is 3. The molecular formula is C52H66ClMnN9O8S2. The van der Waals surface area contributed by atoms with Crippen LogP contribution < -0.4 is 20.7 Å². The third-order valence-corrected chi connectivity index (χ3v) is 14.7. The maximum atomic E-state index is 14.0. The zero-order valence-electron chi connectivity index (χ0n) is 42.8. The van der Waals surface area contributed by atoms with E-state index in [0.29, 0.717) is 36.0 Å². The first-order valence-corrected chi connectivity index (χ1v) is 25.8. The van der Waals surface area contributed by atoms with Crippen molar-refractivity contribution in [3.05, 3.63) is 112 Å². The Labute approximate surface area is 452 Å². The van der Waals surface area contributed by atoms with Crippen LogP contribution in [0.5, 0.6) is 5.75 Å². The van der Waals surface area contributed by atoms with Crippen LogP contribution in [0.2, 0.25) is 5.02 Å². The molecule has 3 atom stereocenters. The average molecular weight is 1100 g/mol. The molecule has 5 heterocycles. The van der Waals surface area contributed by atoms with E-state index in [2.05, 4.69) is 51.9 Å². The number of rotatable bonds is 22. The van der Waals surface area contributed by atoms with Gasteiger partial charge in [0.2, 0.25) is 23.6 Å². The first kappa shape index (κ1) is 58.8. The number of fused-ring (bicyclic) bond motifs is 3. The largest absolute Gasteiger partial charge is 2.00 e. The van der Waals surface area contributed by atoms with Crippen molar-refractivity contribution in [3.63, 3.8) is 0 Å². The third-order valence-electron chi connectivity index (χ3n) is 12.3. The van der Waals surface area contributed by atoms with E-state index >= 15 is 0 Å². The Morgan fingerprint density at radius 3 is 2.30 bits per heavy atom. The van der Waals surface area contributed by atoms with Crippen LogP contribution in [0.3, 0.4) is 0 Å². The van der Waals surface area contributed by atoms with Crippen molar-refractivity contribution in [2.45, 2.75) is 92.4 Å². The van der Waals surface area contributed by atoms with Crippen molar-refractivity contribution in [2.24, 2.45) is 10.4 Å². The molecule has 5 aromatic rings. The summed E-state index contributed by atoms with van der Waals surface area (Å²) in [5, 5.41) is 19.2. The quantitative estimate of drug-likeness (QED) is 0.0357. The van der Waals surface area contributed by atoms with Crippen molar-refractivity contribution in [2.75, 3.05) is 59.3 Å². The number of aliphatic imine (C=N–C) groups is 1. The van der Waals surface area contributed by atoms with Gasteiger partial charge in [0.25, 0.3) is 0 Å². The number of benzene rings is 2. The molecule has 4 amide bonds. The predicted molar refractivity (Wildman–Crippen MR) is 281 cm³/mol. The number of aryl methyl sites for hydroxylation is 3. The number of hydrogen-bond acceptors (Lipinski definition) is 14. The molecule has 0 bridgehead atoms. The Balaban J connectivity index is 0.00000494. The number of carbonyl (C=O) groups excluding carboxylic acids is 4. The molecule has 2 aromatic carbocycles. The van der Waals surface area contributed by atoms with Gasteiger partial charge in [-0.1, -0.05) is 56.6 Å². The fourth-order valence-corrected chi connectivity index (χ4v) is 10.7. The minimum absolute atomic E-state index is 0. The molecule has 393 valence electrons. The van der Waals surface area contributed by atoms with Crippen LogP contribution in [-0.4, -0.2) is 125 Å². The molecule has 0 spiro atoms. The van der Waals surface area contributed by atoms with Crippen LogP contribution in [0.25, 0.3) is 15.4 Å². The van der Waals surface area contributed by atoms with Gasteiger partial charge in [-0.25, -0.2) is 4.98 Å². The number of amides is 4. The van der Waals surface area contributed by atoms with Crippen molar-refractivity contribution < 1.29 is 55.2 Å². The van der Waals surface area contributed by atoms with Crippen LogP contribution in [0.1, 0.15) is 90.5 Å². The minimum Gasteiger partial charge on any atom is -0.525 e. The Bertz CT molecular complexity index is 2720. The maximum absolute atomic E-state index is 14.0. The summed E-state index contributed by atoms with van der Waals surface area (Å²) in [5.74, 6) is 0.694. The number of halogens is 1. The van der Waals surface area contributed by atoms with Gasteiger partial charge in [0.05, 0.1) is 61.2 Å². The van der Waals surface area contributed by atoms with E-state index in [0.717, 1.165) is 59.8 Å². The van der Waals surface area contributed by atoms with Crippen LogP contribution in [0.4, 0.5) is 0 Å². The molecule has 0 unspecified atom stereocenters. The average Bonchev–Trinajstić information content (AvgIpc) is 4.13. The Kier molecular flexibility index (Phi) is 21.7. The zero-order valence-corrected chi connectivity index (χ0v) is 46.3. The SMILES string of the molecule is [CH2-]COc1cc(-c2scnc2C)ccc1CNC(=O)[C@@H]1CCCN1C(=O)[C@@H](NC(=O)COCCOCCOCCNC(=O)C[C@@H]1N=C(c2ccc(Cl)cc2)c2c(sc(C)c2C)-n2c(C)nnc21)C(C)(C)C.[CH3-].[Mn+2]. The topological polar surface area (TPSA) is 200 Å². The summed E-state index contributed by atoms with van der Waals surface area (Å²) in [7, 11) is 0. The van der Waals surface area contributed by atoms with Gasteiger partial charge in [-0.3, -0.25) is 28.7 Å². The Morgan fingerprint density at radius 1 is 0.918 bits per heavy atom. The summed E-state index contributed by atoms with van der Waals surface area (Å²) in [4.78, 5) is 67.3. The van der Waals surface area contributed by atoms with Crippen molar-refractivity contribution >= 4 is 63.6 Å². The van der Waals surface area contributed by atoms with Crippen molar-refractivity contribution in [1.29, 1.82) is 0 Å². The monoisotopic (exact) mass is 1100 g/mol. The molecule has 1 fully saturated rings. The van der Waals surface area contributed by atoms with E-state index in [1.54, 1.807) is 33.1 Å². The Morgan fingerprint density at radius 2 is 1.62 bits per heavy atom. The standard InChI is InChI=1S/C51H63ClN9O8S2.CH3.Mn/c1-9-69-40-25-35(45-31(3)55-29-70-45)12-13-36(40)27-54-48(64)39-11-10-19-60(39)49(65)46(51(6,7)8)57-42(63)28-68-24-23-67-22-21-66-20-18-53-41(62)26-38-47-59-58-33(5)61(47)50-43(30(2)32(4)71-50)44(56-38)34-14-16-37(52)17-15-34;;/h12-17,25,29,38-39,46H,1,9-11,18-24,26-28H2,2-8H3,(H,53,62)(H,54,64)(H,57,63);1H3;/q2*-1;+2/t38-,39-,46+;;/m0../s1. The van der Waals surface area contributed by atoms with E-state index in [1.807, 2.05) is 81.7 Å². The first-order chi connectivity index (χ1) is 34.0. The molecule has 1 saturated heterocycles. The van der Waals surface area contributed by atoms with Gasteiger partial charge in [0.1, 0.15) is 41.3 Å². The summed E-state index contributed by atoms with van der Waals surface area (Å²) in [6.07, 6.45) is 1.23. The number of thiazole rings is 1. The molecule has 0 aliphatic carbocycles. The third kappa shape index (κ3) is 14.6. The molecule has 3 aromatic heterocycles. The molecular weight excluding hydrogens is 1030 g/mol. The predicted octanol–water partition coefficient (Wildman–Crippen LogP) is 7.29. The van der Waals surface area contributed by atoms with E-state index in [1.165, 1.54) is 0 Å². The smallest absolute Gasteiger partial charge is 0.525 e. The van der Waals surface area contributed by atoms with Crippen molar-refractivity contribution in [3.8, 4) is 21.2 Å². The minimum atomic E-state index is -0.891. The molecule has 7 rings (SSSR count). The van der Waals surface area contributed by atoms with Crippen LogP contribution >= 0.6 is 34.3 Å². The van der Waals surface area contributed by atoms with Crippen molar-refractivity contribution in [1.82, 2.24) is 40.6 Å². The molecule has 2 aliphatic rings. The fourth-order valence-electron chi connectivity index (χ4n) is 8.53. The summed E-state index contributed by atoms with van der Waals surface area (Å²) >= 11 is 9.44. The second kappa shape index (κ2) is 26.9. The number of ether oxygens (including phenoxy) is 4. The summed E-state index contributed by atoms with van der Waals surface area (Å²) in [6, 6.07) is 11.2. The van der Waals surface area contributed by atoms with E-state index in [-0.39, 0.29) is 108 Å². The number of thiophene rings is 1. The van der Waals surface area contributed by atoms with Gasteiger partial charge in [-0.05, 0) is 81.9 Å². The van der Waals surface area contributed by atoms with E-state index < -0.39 is 29.4 Å². The fraction of sp³-hybridized carbons (Fsp3) is 0.462. The molecule has 21 heteroatoms.